The summed E-state index contributed by atoms with van der Waals surface area (Å²) in [5.41, 5.74) is 0. The Kier molecular flexibility index (Phi) is 3.89. The molecule has 0 unspecified atom stereocenters. The zero-order chi connectivity index (χ0) is 13.3. The lowest BCUT2D eigenvalue weighted by Gasteiger charge is -2.27. The quantitative estimate of drug-likeness (QED) is 0.719. The molecule has 18 heavy (non-hydrogen) atoms. The van der Waals surface area contributed by atoms with E-state index in [0.717, 1.165) is 0 Å². The van der Waals surface area contributed by atoms with Gasteiger partial charge in [-0.3, -0.25) is 4.79 Å². The Morgan fingerprint density at radius 3 is 2.44 bits per heavy atom. The molecule has 0 radical (unpaired) electrons. The predicted molar refractivity (Wildman–Crippen MR) is 59.5 cm³/mol. The van der Waals surface area contributed by atoms with Crippen LogP contribution in [0.4, 0.5) is 4.39 Å². The molecule has 0 bridgehead atoms. The molecule has 2 aliphatic rings. The zero-order valence-corrected chi connectivity index (χ0v) is 10.8. The molecule has 2 fully saturated rings. The maximum atomic E-state index is 13.7. The van der Waals surface area contributed by atoms with E-state index in [1.807, 2.05) is 13.8 Å². The average molecular weight is 262 g/mol. The smallest absolute Gasteiger partial charge is 0.302 e. The second kappa shape index (κ2) is 5.11. The molecule has 2 rings (SSSR count). The van der Waals surface area contributed by atoms with Crippen LogP contribution in [0.25, 0.3) is 0 Å². The number of hydrogen-bond acceptors (Lipinski definition) is 5. The van der Waals surface area contributed by atoms with Crippen molar-refractivity contribution in [3.8, 4) is 0 Å². The first-order valence-electron chi connectivity index (χ1n) is 6.30. The fraction of sp³-hybridized carbons (Fsp3) is 0.917. The van der Waals surface area contributed by atoms with E-state index in [1.54, 1.807) is 0 Å². The van der Waals surface area contributed by atoms with Gasteiger partial charge < -0.3 is 18.9 Å². The van der Waals surface area contributed by atoms with Gasteiger partial charge in [-0.15, -0.1) is 0 Å². The van der Waals surface area contributed by atoms with Crippen LogP contribution in [0.3, 0.4) is 0 Å². The summed E-state index contributed by atoms with van der Waals surface area (Å²) in [6, 6.07) is 0. The van der Waals surface area contributed by atoms with Gasteiger partial charge in [-0.25, -0.2) is 4.39 Å². The lowest BCUT2D eigenvalue weighted by molar-refractivity contribution is -0.229. The van der Waals surface area contributed by atoms with Gasteiger partial charge in [-0.1, -0.05) is 13.8 Å². The normalized spacial score (nSPS) is 37.6. The van der Waals surface area contributed by atoms with E-state index >= 15 is 0 Å². The molecule has 0 N–H and O–H groups in total. The van der Waals surface area contributed by atoms with E-state index in [2.05, 4.69) is 0 Å². The maximum absolute atomic E-state index is 13.7. The number of ether oxygens (including phenoxy) is 4. The number of carbonyl (C=O) groups excluding carboxylic acids is 1. The van der Waals surface area contributed by atoms with Crippen LogP contribution in [-0.2, 0) is 23.7 Å². The second-order valence-electron chi connectivity index (χ2n) is 4.61. The zero-order valence-electron chi connectivity index (χ0n) is 10.8. The van der Waals surface area contributed by atoms with Gasteiger partial charge in [0.1, 0.15) is 24.9 Å². The van der Waals surface area contributed by atoms with Gasteiger partial charge in [0.05, 0.1) is 0 Å². The summed E-state index contributed by atoms with van der Waals surface area (Å²) >= 11 is 0. The van der Waals surface area contributed by atoms with Gasteiger partial charge in [-0.05, 0) is 12.8 Å². The molecule has 0 spiro atoms. The first kappa shape index (κ1) is 13.7. The fourth-order valence-corrected chi connectivity index (χ4v) is 2.39. The lowest BCUT2D eigenvalue weighted by Crippen LogP contribution is -2.35. The van der Waals surface area contributed by atoms with Crippen molar-refractivity contribution in [1.82, 2.24) is 0 Å². The standard InChI is InChI=1S/C12H19FO5/c1-4-12(5-2)17-9-8(6-15-7(3)14)16-11(13)10(9)18-12/h8-11H,4-6H2,1-3H3/t8-,9-,10-,11+/m1/s1. The minimum atomic E-state index is -1.53. The molecule has 104 valence electrons. The third-order valence-electron chi connectivity index (χ3n) is 3.48. The van der Waals surface area contributed by atoms with Gasteiger partial charge in [0, 0.05) is 6.92 Å². The molecule has 0 aromatic rings. The molecular formula is C12H19FO5. The van der Waals surface area contributed by atoms with Crippen LogP contribution in [0.5, 0.6) is 0 Å². The van der Waals surface area contributed by atoms with E-state index in [9.17, 15) is 9.18 Å². The average Bonchev–Trinajstić information content (AvgIpc) is 2.85. The number of alkyl halides is 1. The van der Waals surface area contributed by atoms with Gasteiger partial charge in [0.15, 0.2) is 5.79 Å². The minimum Gasteiger partial charge on any atom is -0.463 e. The summed E-state index contributed by atoms with van der Waals surface area (Å²) in [7, 11) is 0. The topological polar surface area (TPSA) is 54.0 Å². The predicted octanol–water partition coefficient (Wildman–Crippen LogP) is 1.54. The Labute approximate surface area is 106 Å². The highest BCUT2D eigenvalue weighted by Gasteiger charge is 2.57. The molecule has 0 saturated carbocycles. The van der Waals surface area contributed by atoms with Crippen molar-refractivity contribution < 1.29 is 28.1 Å². The summed E-state index contributed by atoms with van der Waals surface area (Å²) < 4.78 is 35.1. The van der Waals surface area contributed by atoms with Crippen LogP contribution in [0.15, 0.2) is 0 Å². The SMILES string of the molecule is CCC1(CC)O[C@@H]2[C@H](O1)[C@@H](COC(C)=O)O[C@@H]2F. The lowest BCUT2D eigenvalue weighted by atomic mass is 10.1. The third-order valence-corrected chi connectivity index (χ3v) is 3.48. The van der Waals surface area contributed by atoms with Crippen molar-refractivity contribution in [3.63, 3.8) is 0 Å². The molecule has 2 saturated heterocycles. The Balaban J connectivity index is 2.03. The van der Waals surface area contributed by atoms with Crippen molar-refractivity contribution in [1.29, 1.82) is 0 Å². The van der Waals surface area contributed by atoms with Crippen molar-refractivity contribution in [2.24, 2.45) is 0 Å². The number of fused-ring (bicyclic) bond motifs is 1. The molecule has 0 aliphatic carbocycles. The Morgan fingerprint density at radius 1 is 1.28 bits per heavy atom. The van der Waals surface area contributed by atoms with E-state index in [0.29, 0.717) is 12.8 Å². The van der Waals surface area contributed by atoms with Gasteiger partial charge >= 0.3 is 5.97 Å². The first-order valence-corrected chi connectivity index (χ1v) is 6.30. The number of rotatable bonds is 4. The monoisotopic (exact) mass is 262 g/mol. The van der Waals surface area contributed by atoms with E-state index in [1.165, 1.54) is 6.92 Å². The van der Waals surface area contributed by atoms with E-state index in [-0.39, 0.29) is 6.61 Å². The molecule has 6 heteroatoms. The van der Waals surface area contributed by atoms with Crippen LogP contribution in [0, 0.1) is 0 Å². The van der Waals surface area contributed by atoms with E-state index in [4.69, 9.17) is 18.9 Å². The summed E-state index contributed by atoms with van der Waals surface area (Å²) in [6.07, 6.45) is -2.10. The Bertz CT molecular complexity index is 318. The van der Waals surface area contributed by atoms with Crippen LogP contribution in [-0.4, -0.2) is 43.0 Å². The van der Waals surface area contributed by atoms with Gasteiger partial charge in [0.2, 0.25) is 6.36 Å². The number of esters is 1. The van der Waals surface area contributed by atoms with Crippen molar-refractivity contribution in [3.05, 3.63) is 0 Å². The number of hydrogen-bond donors (Lipinski definition) is 0. The Hall–Kier alpha value is -0.720. The molecule has 0 aromatic carbocycles. The molecule has 0 amide bonds. The first-order chi connectivity index (χ1) is 8.51. The summed E-state index contributed by atoms with van der Waals surface area (Å²) in [6.45, 7) is 5.15. The van der Waals surface area contributed by atoms with Crippen LogP contribution >= 0.6 is 0 Å². The Morgan fingerprint density at radius 2 is 1.89 bits per heavy atom. The largest absolute Gasteiger partial charge is 0.463 e. The molecule has 5 nitrogen and oxygen atoms in total. The summed E-state index contributed by atoms with van der Waals surface area (Å²) in [5, 5.41) is 0. The summed E-state index contributed by atoms with van der Waals surface area (Å²) in [5.74, 6) is -1.16. The highest BCUT2D eigenvalue weighted by Crippen LogP contribution is 2.42. The number of carbonyl (C=O) groups is 1. The van der Waals surface area contributed by atoms with Crippen molar-refractivity contribution >= 4 is 5.97 Å². The van der Waals surface area contributed by atoms with Crippen molar-refractivity contribution in [2.45, 2.75) is 64.1 Å². The van der Waals surface area contributed by atoms with Crippen LogP contribution in [0.2, 0.25) is 0 Å². The van der Waals surface area contributed by atoms with Gasteiger partial charge in [-0.2, -0.15) is 0 Å². The second-order valence-corrected chi connectivity index (χ2v) is 4.61. The molecule has 4 atom stereocenters. The third kappa shape index (κ3) is 2.37. The van der Waals surface area contributed by atoms with Crippen LogP contribution < -0.4 is 0 Å². The van der Waals surface area contributed by atoms with Crippen molar-refractivity contribution in [2.75, 3.05) is 6.61 Å². The molecule has 2 heterocycles. The minimum absolute atomic E-state index is 0.0101. The molecular weight excluding hydrogens is 243 g/mol. The highest BCUT2D eigenvalue weighted by molar-refractivity contribution is 5.65. The highest BCUT2D eigenvalue weighted by atomic mass is 19.1. The van der Waals surface area contributed by atoms with Gasteiger partial charge in [0.25, 0.3) is 0 Å². The molecule has 2 aliphatic heterocycles. The maximum Gasteiger partial charge on any atom is 0.302 e. The van der Waals surface area contributed by atoms with Crippen LogP contribution in [0.1, 0.15) is 33.6 Å². The number of halogens is 1. The summed E-state index contributed by atoms with van der Waals surface area (Å²) in [4.78, 5) is 10.8. The fourth-order valence-electron chi connectivity index (χ4n) is 2.39. The molecule has 0 aromatic heterocycles. The van der Waals surface area contributed by atoms with E-state index < -0.39 is 36.4 Å².